The summed E-state index contributed by atoms with van der Waals surface area (Å²) in [6, 6.07) is 63.0. The second-order valence-electron chi connectivity index (χ2n) is 20.9. The van der Waals surface area contributed by atoms with Crippen molar-refractivity contribution in [3.05, 3.63) is 336 Å². The molecule has 13 heteroatoms. The molecule has 13 nitrogen and oxygen atoms in total. The third-order valence-corrected chi connectivity index (χ3v) is 14.8. The minimum atomic E-state index is -1.33. The first-order valence-corrected chi connectivity index (χ1v) is 28.3. The number of allylic oxidation sites excluding steroid dienone is 6. The summed E-state index contributed by atoms with van der Waals surface area (Å²) in [5, 5.41) is 56.6. The summed E-state index contributed by atoms with van der Waals surface area (Å²) >= 11 is 0. The number of carboxylic acid groups (broad SMARTS) is 4. The number of anilines is 3. The van der Waals surface area contributed by atoms with Crippen molar-refractivity contribution in [1.29, 1.82) is 10.5 Å². The van der Waals surface area contributed by atoms with Gasteiger partial charge < -0.3 is 25.3 Å². The first kappa shape index (κ1) is 64.1. The third-order valence-electron chi connectivity index (χ3n) is 14.8. The summed E-state index contributed by atoms with van der Waals surface area (Å²) in [6.07, 6.45) is 17.3. The van der Waals surface area contributed by atoms with Gasteiger partial charge in [-0.2, -0.15) is 10.5 Å². The van der Waals surface area contributed by atoms with Gasteiger partial charge in [-0.25, -0.2) is 19.3 Å². The number of nitriles is 2. The fraction of sp³-hybridized carbons (Fsp3) is 0.0513. The quantitative estimate of drug-likeness (QED) is 0.0175. The summed E-state index contributed by atoms with van der Waals surface area (Å²) in [4.78, 5) is 54.8. The molecule has 4 N–H and O–H groups in total. The van der Waals surface area contributed by atoms with Crippen LogP contribution in [0.15, 0.2) is 235 Å². The Balaban J connectivity index is 1.15. The average molecular weight is 1190 g/mol. The monoisotopic (exact) mass is 1190 g/mol. The van der Waals surface area contributed by atoms with E-state index in [0.29, 0.717) is 22.3 Å². The molecule has 0 aliphatic rings. The normalized spacial score (nSPS) is 12.5. The van der Waals surface area contributed by atoms with Gasteiger partial charge in [-0.05, 0) is 189 Å². The van der Waals surface area contributed by atoms with Crippen LogP contribution in [0.3, 0.4) is 0 Å². The van der Waals surface area contributed by atoms with Gasteiger partial charge in [-0.1, -0.05) is 188 Å². The van der Waals surface area contributed by atoms with E-state index in [1.165, 1.54) is 35.4 Å². The van der Waals surface area contributed by atoms with Gasteiger partial charge in [0.1, 0.15) is 23.3 Å². The number of aryl methyl sites for hydroxylation is 2. The number of benzene rings is 8. The summed E-state index contributed by atoms with van der Waals surface area (Å²) in [5.41, 5.74) is 16.2. The Hall–Kier alpha value is -12.9. The lowest BCUT2D eigenvalue weighted by atomic mass is 9.94. The lowest BCUT2D eigenvalue weighted by Crippen LogP contribution is -2.10. The first-order valence-electron chi connectivity index (χ1n) is 28.3. The summed E-state index contributed by atoms with van der Waals surface area (Å²) in [7, 11) is 0. The Morgan fingerprint density at radius 1 is 0.385 bits per heavy atom. The minimum absolute atomic E-state index is 0.404. The SMILES string of the molecule is [C-]#[N+]/C(=C\c1ccc(/C(=C\C=C(/C)c2ccc(N(c3ccc(/C=C/c4ccc(C)c(C)c4)cc3)c3ccc(/C(C)=C/C=C(\c4ccc(/C=C(/C#N)C(=O)O)cc4)c4ccc(/C=C(/[N+]#[C-])C(=O)O)cc4)cc3)cc2)c2ccc(/C=C(\C#N)C(=O)O)cc2)cc1)C(=O)O. The molecule has 0 radical (unpaired) electrons. The zero-order valence-corrected chi connectivity index (χ0v) is 49.8. The molecule has 0 aliphatic heterocycles. The van der Waals surface area contributed by atoms with Gasteiger partial charge in [-0.15, -0.1) is 0 Å². The number of carbonyl (C=O) groups is 4. The van der Waals surface area contributed by atoms with E-state index in [9.17, 15) is 50.1 Å². The molecule has 0 saturated carbocycles. The van der Waals surface area contributed by atoms with Gasteiger partial charge >= 0.3 is 23.9 Å². The molecule has 0 atom stereocenters. The molecule has 0 spiro atoms. The highest BCUT2D eigenvalue weighted by molar-refractivity contribution is 5.98. The number of nitrogens with zero attached hydrogens (tertiary/aromatic N) is 5. The molecule has 0 bridgehead atoms. The largest absolute Gasteiger partial charge is 0.486 e. The topological polar surface area (TPSA) is 209 Å². The molecule has 8 aromatic carbocycles. The summed E-state index contributed by atoms with van der Waals surface area (Å²) < 4.78 is 0. The van der Waals surface area contributed by atoms with Crippen LogP contribution in [0, 0.1) is 49.7 Å². The summed E-state index contributed by atoms with van der Waals surface area (Å²) in [6.45, 7) is 22.8. The van der Waals surface area contributed by atoms with E-state index in [2.05, 4.69) is 132 Å². The number of hydrogen-bond acceptors (Lipinski definition) is 7. The van der Waals surface area contributed by atoms with Gasteiger partial charge in [0.05, 0.1) is 13.1 Å². The first-order chi connectivity index (χ1) is 43.8. The van der Waals surface area contributed by atoms with E-state index in [4.69, 9.17) is 13.1 Å². The van der Waals surface area contributed by atoms with Gasteiger partial charge in [-0.3, -0.25) is 9.59 Å². The van der Waals surface area contributed by atoms with Crippen LogP contribution in [-0.4, -0.2) is 44.3 Å². The molecule has 0 heterocycles. The molecular formula is C78H57N5O8. The van der Waals surface area contributed by atoms with Crippen LogP contribution in [0.2, 0.25) is 0 Å². The predicted octanol–water partition coefficient (Wildman–Crippen LogP) is 17.7. The second kappa shape index (κ2) is 29.9. The molecule has 8 aromatic rings. The van der Waals surface area contributed by atoms with Gasteiger partial charge in [0.25, 0.3) is 11.4 Å². The highest BCUT2D eigenvalue weighted by Crippen LogP contribution is 2.37. The van der Waals surface area contributed by atoms with Crippen LogP contribution in [0.1, 0.15) is 91.7 Å². The Kier molecular flexibility index (Phi) is 21.1. The molecule has 0 aliphatic carbocycles. The van der Waals surface area contributed by atoms with Crippen LogP contribution < -0.4 is 4.90 Å². The predicted molar refractivity (Wildman–Crippen MR) is 360 cm³/mol. The molecule has 0 fully saturated rings. The number of aliphatic carboxylic acids is 4. The molecule has 8 rings (SSSR count). The molecule has 0 aromatic heterocycles. The fourth-order valence-electron chi connectivity index (χ4n) is 9.57. The van der Waals surface area contributed by atoms with Crippen molar-refractivity contribution in [2.24, 2.45) is 0 Å². The maximum atomic E-state index is 11.6. The molecule has 442 valence electrons. The van der Waals surface area contributed by atoms with E-state index in [1.807, 2.05) is 86.7 Å². The summed E-state index contributed by atoms with van der Waals surface area (Å²) in [5.74, 6) is -5.32. The second-order valence-corrected chi connectivity index (χ2v) is 20.9. The molecule has 0 saturated heterocycles. The van der Waals surface area contributed by atoms with Crippen molar-refractivity contribution in [3.8, 4) is 12.1 Å². The molecular weight excluding hydrogens is 1130 g/mol. The average Bonchev–Trinajstić information content (AvgIpc) is 0.968. The van der Waals surface area contributed by atoms with Gasteiger partial charge in [0.15, 0.2) is 0 Å². The Morgan fingerprint density at radius 2 is 0.681 bits per heavy atom. The minimum Gasteiger partial charge on any atom is -0.486 e. The van der Waals surface area contributed by atoms with E-state index in [0.717, 1.165) is 83.9 Å². The highest BCUT2D eigenvalue weighted by atomic mass is 16.4. The van der Waals surface area contributed by atoms with Crippen LogP contribution in [0.4, 0.5) is 17.1 Å². The highest BCUT2D eigenvalue weighted by Gasteiger charge is 2.16. The van der Waals surface area contributed by atoms with E-state index in [-0.39, 0.29) is 0 Å². The lowest BCUT2D eigenvalue weighted by Gasteiger charge is -2.26. The van der Waals surface area contributed by atoms with Gasteiger partial charge in [0, 0.05) is 17.1 Å². The fourth-order valence-corrected chi connectivity index (χ4v) is 9.57. The smallest absolute Gasteiger partial charge is 0.346 e. The van der Waals surface area contributed by atoms with E-state index < -0.39 is 46.4 Å². The zero-order chi connectivity index (χ0) is 65.1. The van der Waals surface area contributed by atoms with Crippen LogP contribution in [-0.2, 0) is 19.2 Å². The maximum Gasteiger partial charge on any atom is 0.346 e. The van der Waals surface area contributed by atoms with Crippen molar-refractivity contribution in [3.63, 3.8) is 0 Å². The van der Waals surface area contributed by atoms with Crippen molar-refractivity contribution in [2.45, 2.75) is 27.7 Å². The molecule has 91 heavy (non-hydrogen) atoms. The molecule has 0 amide bonds. The van der Waals surface area contributed by atoms with Crippen molar-refractivity contribution in [1.82, 2.24) is 0 Å². The zero-order valence-electron chi connectivity index (χ0n) is 49.8. The third kappa shape index (κ3) is 16.7. The van der Waals surface area contributed by atoms with Crippen LogP contribution in [0.5, 0.6) is 0 Å². The van der Waals surface area contributed by atoms with Gasteiger partial charge in [0.2, 0.25) is 0 Å². The van der Waals surface area contributed by atoms with Crippen LogP contribution in [0.25, 0.3) is 68.4 Å². The Morgan fingerprint density at radius 3 is 0.989 bits per heavy atom. The Labute approximate surface area is 527 Å². The van der Waals surface area contributed by atoms with E-state index in [1.54, 1.807) is 60.7 Å². The van der Waals surface area contributed by atoms with Crippen molar-refractivity contribution >= 4 is 99.7 Å². The van der Waals surface area contributed by atoms with Crippen molar-refractivity contribution in [2.75, 3.05) is 4.90 Å². The van der Waals surface area contributed by atoms with Crippen LogP contribution >= 0.6 is 0 Å². The standard InChI is InChI=1S/C78H57N5O8/c1-50-7-10-55(43-53(50)4)12-11-54-21-35-68(36-22-54)83(69-37-31-60(32-38-69)51(2)8-41-71(62-23-13-56(14-24-62)44-66(48-79)75(84)85)64-27-17-58(18-28-64)46-73(81-5)77(88)89)70-39-33-61(34-40-70)52(3)9-42-72(63-25-15-57(16-26-63)45-67(49-80)76(86)87)65-29-19-59(20-30-65)47-74(82-6)78(90)91/h7-47H,1-4H3,(H,84,85)(H,86,87)(H,88,89)(H,90,91)/b12-11+,51-8+,52-9+,66-44-,67-45+,71-41+,72-42-,73-46+,74-47-. The number of rotatable bonds is 21. The lowest BCUT2D eigenvalue weighted by molar-refractivity contribution is -0.133. The number of carboxylic acids is 4. The van der Waals surface area contributed by atoms with E-state index >= 15 is 0 Å². The maximum absolute atomic E-state index is 11.6. The Bertz CT molecular complexity index is 4170. The molecule has 0 unspecified atom stereocenters. The van der Waals surface area contributed by atoms with Crippen molar-refractivity contribution < 1.29 is 39.6 Å². The number of hydrogen-bond donors (Lipinski definition) is 4.